The predicted octanol–water partition coefficient (Wildman–Crippen LogP) is 12.7. The molecule has 2 aromatic heterocycles. The van der Waals surface area contributed by atoms with E-state index in [-0.39, 0.29) is 0 Å². The third kappa shape index (κ3) is 4.34. The lowest BCUT2D eigenvalue weighted by molar-refractivity contribution is 0.592. The summed E-state index contributed by atoms with van der Waals surface area (Å²) in [5, 5.41) is 7.44. The third-order valence-corrected chi connectivity index (χ3v) is 17.3. The Morgan fingerprint density at radius 2 is 0.917 bits per heavy atom. The van der Waals surface area contributed by atoms with Crippen LogP contribution in [0.25, 0.3) is 55.0 Å². The molecule has 0 N–H and O–H groups in total. The molecule has 1 spiro atoms. The van der Waals surface area contributed by atoms with E-state index in [4.69, 9.17) is 0 Å². The topological polar surface area (TPSA) is 26.9 Å². The average molecular weight is 803 g/mol. The molecule has 282 valence electrons. The Balaban J connectivity index is 1.12. The first-order valence-corrected chi connectivity index (χ1v) is 23.0. The van der Waals surface area contributed by atoms with Gasteiger partial charge in [0.2, 0.25) is 0 Å². The first-order chi connectivity index (χ1) is 29.7. The van der Waals surface area contributed by atoms with Gasteiger partial charge in [0, 0.05) is 52.9 Å². The highest BCUT2D eigenvalue weighted by molar-refractivity contribution is 7.99. The van der Waals surface area contributed by atoms with E-state index in [0.29, 0.717) is 0 Å². The molecule has 9 aromatic carbocycles. The Labute approximate surface area is 351 Å². The van der Waals surface area contributed by atoms with Gasteiger partial charge in [-0.05, 0) is 70.8 Å². The minimum atomic E-state index is -3.15. The molecule has 1 unspecified atom stereocenters. The maximum Gasteiger partial charge on any atom is 0.171 e. The maximum atomic E-state index is 15.4. The van der Waals surface area contributed by atoms with E-state index in [1.165, 1.54) is 75.8 Å². The van der Waals surface area contributed by atoms with Crippen molar-refractivity contribution in [2.24, 2.45) is 0 Å². The van der Waals surface area contributed by atoms with Crippen molar-refractivity contribution in [3.8, 4) is 11.4 Å². The number of benzene rings is 9. The molecular weight excluding hydrogens is 768 g/mol. The number of aromatic nitrogens is 2. The summed E-state index contributed by atoms with van der Waals surface area (Å²) in [6, 6.07) is 75.8. The van der Waals surface area contributed by atoms with Crippen molar-refractivity contribution in [2.75, 3.05) is 0 Å². The van der Waals surface area contributed by atoms with E-state index in [0.717, 1.165) is 27.1 Å². The van der Waals surface area contributed by atoms with E-state index in [2.05, 4.69) is 161 Å². The van der Waals surface area contributed by atoms with Gasteiger partial charge >= 0.3 is 0 Å². The molecule has 2 aliphatic heterocycles. The van der Waals surface area contributed by atoms with Crippen molar-refractivity contribution in [1.82, 2.24) is 9.13 Å². The van der Waals surface area contributed by atoms with Gasteiger partial charge in [0.05, 0.1) is 33.2 Å². The minimum absolute atomic E-state index is 0.588. The van der Waals surface area contributed by atoms with Crippen molar-refractivity contribution in [3.05, 3.63) is 235 Å². The molecule has 0 saturated heterocycles. The Morgan fingerprint density at radius 3 is 1.63 bits per heavy atom. The third-order valence-electron chi connectivity index (χ3n) is 13.1. The lowest BCUT2D eigenvalue weighted by Gasteiger charge is -2.45. The van der Waals surface area contributed by atoms with Gasteiger partial charge in [0.25, 0.3) is 0 Å². The number of rotatable bonds is 4. The maximum absolute atomic E-state index is 15.4. The fourth-order valence-corrected chi connectivity index (χ4v) is 14.6. The molecule has 0 saturated carbocycles. The largest absolute Gasteiger partial charge is 0.309 e. The molecule has 4 heterocycles. The number of hydrogen-bond acceptors (Lipinski definition) is 2. The van der Waals surface area contributed by atoms with Gasteiger partial charge in [-0.25, -0.2) is 0 Å². The summed E-state index contributed by atoms with van der Waals surface area (Å²) in [7, 11) is -3.15. The summed E-state index contributed by atoms with van der Waals surface area (Å²) >= 11 is 1.88. The molecule has 11 aromatic rings. The van der Waals surface area contributed by atoms with Gasteiger partial charge in [-0.3, -0.25) is 0 Å². The lowest BCUT2D eigenvalue weighted by Crippen LogP contribution is -2.37. The van der Waals surface area contributed by atoms with Crippen LogP contribution < -0.4 is 15.9 Å². The number of hydrogen-bond donors (Lipinski definition) is 0. The summed E-state index contributed by atoms with van der Waals surface area (Å²) in [5.74, 6) is 0. The summed E-state index contributed by atoms with van der Waals surface area (Å²) in [4.78, 5) is 2.51. The van der Waals surface area contributed by atoms with Crippen LogP contribution in [-0.4, -0.2) is 9.13 Å². The van der Waals surface area contributed by atoms with Gasteiger partial charge in [-0.15, -0.1) is 0 Å². The van der Waals surface area contributed by atoms with Crippen molar-refractivity contribution in [3.63, 3.8) is 0 Å². The molecule has 0 aliphatic carbocycles. The Morgan fingerprint density at radius 1 is 0.383 bits per heavy atom. The summed E-state index contributed by atoms with van der Waals surface area (Å²) in [5.41, 5.74) is 11.7. The van der Waals surface area contributed by atoms with Crippen molar-refractivity contribution >= 4 is 78.4 Å². The van der Waals surface area contributed by atoms with E-state index < -0.39 is 12.6 Å². The monoisotopic (exact) mass is 802 g/mol. The van der Waals surface area contributed by atoms with Crippen LogP contribution in [0, 0.1) is 0 Å². The first-order valence-electron chi connectivity index (χ1n) is 20.5. The van der Waals surface area contributed by atoms with Crippen molar-refractivity contribution in [2.45, 2.75) is 15.2 Å². The zero-order valence-electron chi connectivity index (χ0n) is 32.4. The van der Waals surface area contributed by atoms with Crippen LogP contribution in [0.4, 0.5) is 0 Å². The molecule has 1 atom stereocenters. The van der Waals surface area contributed by atoms with Crippen LogP contribution in [0.1, 0.15) is 22.3 Å². The Kier molecular flexibility index (Phi) is 7.14. The van der Waals surface area contributed by atoms with Gasteiger partial charge in [0.15, 0.2) is 7.14 Å². The van der Waals surface area contributed by atoms with Crippen LogP contribution in [-0.2, 0) is 9.98 Å². The first kappa shape index (κ1) is 34.1. The van der Waals surface area contributed by atoms with Crippen LogP contribution in [0.3, 0.4) is 0 Å². The lowest BCUT2D eigenvalue weighted by atomic mass is 9.62. The van der Waals surface area contributed by atoms with E-state index >= 15 is 4.57 Å². The SMILES string of the molecule is O=P(c1ccccc1)(c1ccccc1)c1ccc(-n2c3ccccc3c3ccc4c(c32)Sc2ccccc2C42c3ccccc3-n3c4ccccc4c4cccc2c43)cc1. The zero-order chi connectivity index (χ0) is 39.6. The molecule has 5 heteroatoms. The molecule has 13 rings (SSSR count). The van der Waals surface area contributed by atoms with Crippen molar-refractivity contribution < 1.29 is 4.57 Å². The second-order valence-corrected chi connectivity index (χ2v) is 19.7. The highest BCUT2D eigenvalue weighted by Gasteiger charge is 2.50. The fourth-order valence-electron chi connectivity index (χ4n) is 10.6. The highest BCUT2D eigenvalue weighted by Crippen LogP contribution is 2.62. The molecule has 3 nitrogen and oxygen atoms in total. The Hall–Kier alpha value is -6.84. The molecule has 0 fully saturated rings. The smallest absolute Gasteiger partial charge is 0.171 e. The van der Waals surface area contributed by atoms with Gasteiger partial charge in [0.1, 0.15) is 0 Å². The predicted molar refractivity (Wildman–Crippen MR) is 251 cm³/mol. The summed E-state index contributed by atoms with van der Waals surface area (Å²) < 4.78 is 20.4. The van der Waals surface area contributed by atoms with Crippen LogP contribution >= 0.6 is 18.9 Å². The zero-order valence-corrected chi connectivity index (χ0v) is 34.1. The number of para-hydroxylation sites is 4. The van der Waals surface area contributed by atoms with Crippen molar-refractivity contribution in [1.29, 1.82) is 0 Å². The number of nitrogens with zero attached hydrogens (tertiary/aromatic N) is 2. The quantitative estimate of drug-likeness (QED) is 0.166. The van der Waals surface area contributed by atoms with Gasteiger partial charge in [-0.2, -0.15) is 0 Å². The fraction of sp³-hybridized carbons (Fsp3) is 0.0182. The summed E-state index contributed by atoms with van der Waals surface area (Å²) in [6.07, 6.45) is 0. The van der Waals surface area contributed by atoms with E-state index in [9.17, 15) is 0 Å². The number of fused-ring (bicyclic) bond motifs is 15. The molecule has 0 bridgehead atoms. The second-order valence-electron chi connectivity index (χ2n) is 15.9. The normalized spacial score (nSPS) is 15.4. The second kappa shape index (κ2) is 12.6. The highest BCUT2D eigenvalue weighted by atomic mass is 32.2. The molecular formula is C55H35N2OPS. The van der Waals surface area contributed by atoms with Crippen LogP contribution in [0.2, 0.25) is 0 Å². The average Bonchev–Trinajstić information content (AvgIpc) is 3.85. The van der Waals surface area contributed by atoms with Crippen LogP contribution in [0.15, 0.2) is 222 Å². The van der Waals surface area contributed by atoms with E-state index in [1.807, 2.05) is 72.4 Å². The van der Waals surface area contributed by atoms with E-state index in [1.54, 1.807) is 0 Å². The minimum Gasteiger partial charge on any atom is -0.309 e. The van der Waals surface area contributed by atoms with Gasteiger partial charge < -0.3 is 13.7 Å². The molecule has 0 radical (unpaired) electrons. The molecule has 60 heavy (non-hydrogen) atoms. The van der Waals surface area contributed by atoms with Crippen LogP contribution in [0.5, 0.6) is 0 Å². The Bertz CT molecular complexity index is 3560. The summed E-state index contributed by atoms with van der Waals surface area (Å²) in [6.45, 7) is 0. The van der Waals surface area contributed by atoms with Gasteiger partial charge in [-0.1, -0.05) is 176 Å². The standard InChI is InChI=1S/C55H35N2OPS/c58-59(37-16-3-1-4-17-37,38-18-5-2-6-19-38)39-32-30-36(31-33-39)56-48-26-11-7-21-41(48)43-34-35-47-54(53(43)56)60-51-29-14-10-24-45(51)55(47)44-23-9-13-28-50(44)57-49-27-12-8-20-40(49)42-22-15-25-46(55)52(42)57/h1-35H. The molecule has 2 aliphatic rings. The molecule has 0 amide bonds.